The molecule has 1 heterocycles. The van der Waals surface area contributed by atoms with Crippen molar-refractivity contribution < 1.29 is 17.1 Å². The molecular formula is C34H33FeN2PS+2. The molecule has 196 valence electrons. The summed E-state index contributed by atoms with van der Waals surface area (Å²) in [5.41, 5.74) is 3.69. The van der Waals surface area contributed by atoms with Crippen LogP contribution in [0.1, 0.15) is 26.8 Å². The smallest absolute Gasteiger partial charge is 0.315 e. The molecule has 0 aliphatic heterocycles. The molecule has 0 spiro atoms. The van der Waals surface area contributed by atoms with Gasteiger partial charge in [-0.2, -0.15) is 0 Å². The van der Waals surface area contributed by atoms with Crippen molar-refractivity contribution in [2.24, 2.45) is 0 Å². The first-order chi connectivity index (χ1) is 18.6. The molecule has 4 aromatic rings. The van der Waals surface area contributed by atoms with Crippen LogP contribution in [-0.2, 0) is 17.1 Å². The van der Waals surface area contributed by atoms with E-state index in [1.54, 1.807) is 0 Å². The van der Waals surface area contributed by atoms with E-state index in [0.717, 1.165) is 10.7 Å². The molecule has 39 heavy (non-hydrogen) atoms. The second kappa shape index (κ2) is 14.9. The number of rotatable bonds is 7. The Balaban J connectivity index is 0.000000530. The van der Waals surface area contributed by atoms with Gasteiger partial charge >= 0.3 is 17.1 Å². The van der Waals surface area contributed by atoms with Gasteiger partial charge < -0.3 is 4.57 Å². The zero-order valence-corrected chi connectivity index (χ0v) is 25.3. The van der Waals surface area contributed by atoms with E-state index in [1.807, 2.05) is 43.9 Å². The van der Waals surface area contributed by atoms with Gasteiger partial charge in [0.25, 0.3) is 0 Å². The average Bonchev–Trinajstić information content (AvgIpc) is 3.72. The fraction of sp³-hybridized carbons (Fsp3) is 0.147. The van der Waals surface area contributed by atoms with E-state index in [1.165, 1.54) is 27.7 Å². The van der Waals surface area contributed by atoms with Gasteiger partial charge in [-0.15, -0.1) is 0 Å². The predicted molar refractivity (Wildman–Crippen MR) is 165 cm³/mol. The van der Waals surface area contributed by atoms with Crippen LogP contribution in [0, 0.1) is 62.9 Å². The van der Waals surface area contributed by atoms with Gasteiger partial charge in [0.05, 0.1) is 11.0 Å². The van der Waals surface area contributed by atoms with Crippen LogP contribution in [0.15, 0.2) is 90.1 Å². The number of fused-ring (bicyclic) bond motifs is 1. The third-order valence-corrected chi connectivity index (χ3v) is 9.88. The van der Waals surface area contributed by atoms with Crippen LogP contribution in [0.5, 0.6) is 0 Å². The van der Waals surface area contributed by atoms with E-state index in [-0.39, 0.29) is 23.1 Å². The molecule has 2 fully saturated rings. The first kappa shape index (κ1) is 30.4. The zero-order valence-electron chi connectivity index (χ0n) is 22.5. The van der Waals surface area contributed by atoms with Gasteiger partial charge in [-0.25, -0.2) is 4.98 Å². The minimum Gasteiger partial charge on any atom is -0.315 e. The van der Waals surface area contributed by atoms with Gasteiger partial charge in [0.15, 0.2) is 5.16 Å². The van der Waals surface area contributed by atoms with Crippen molar-refractivity contribution in [3.05, 3.63) is 148 Å². The van der Waals surface area contributed by atoms with Gasteiger partial charge in [0.2, 0.25) is 0 Å². The fourth-order valence-electron chi connectivity index (χ4n) is 4.71. The molecule has 2 nitrogen and oxygen atoms in total. The van der Waals surface area contributed by atoms with Crippen molar-refractivity contribution in [1.29, 1.82) is 0 Å². The number of benzene rings is 3. The van der Waals surface area contributed by atoms with E-state index in [9.17, 15) is 0 Å². The van der Waals surface area contributed by atoms with Gasteiger partial charge in [0, 0.05) is 22.9 Å². The Morgan fingerprint density at radius 2 is 1.21 bits per heavy atom. The summed E-state index contributed by atoms with van der Waals surface area (Å²) in [5, 5.41) is 4.32. The minimum absolute atomic E-state index is 0. The molecule has 2 saturated carbocycles. The number of hydrogen-bond donors (Lipinski definition) is 0. The largest absolute Gasteiger partial charge is 2.00 e. The normalized spacial score (nSPS) is 16.8. The predicted octanol–water partition coefficient (Wildman–Crippen LogP) is 7.98. The zero-order chi connectivity index (χ0) is 26.3. The molecule has 3 aromatic carbocycles. The second-order valence-electron chi connectivity index (χ2n) is 9.43. The van der Waals surface area contributed by atoms with Crippen LogP contribution >= 0.6 is 19.7 Å². The number of nitrogens with zero attached hydrogens (tertiary/aromatic N) is 2. The number of aromatic nitrogens is 2. The quantitative estimate of drug-likeness (QED) is 0.124. The molecular weight excluding hydrogens is 555 g/mol. The summed E-state index contributed by atoms with van der Waals surface area (Å²) in [6.45, 7) is 6.79. The third-order valence-electron chi connectivity index (χ3n) is 6.39. The molecule has 0 unspecified atom stereocenters. The summed E-state index contributed by atoms with van der Waals surface area (Å²) in [4.78, 5) is 5.01. The fourth-order valence-corrected chi connectivity index (χ4v) is 8.21. The number of imidazole rings is 1. The molecule has 6 rings (SSSR count). The van der Waals surface area contributed by atoms with E-state index >= 15 is 0 Å². The summed E-state index contributed by atoms with van der Waals surface area (Å²) in [7, 11) is -0.648. The number of hydrogen-bond acceptors (Lipinski definition) is 2. The number of para-hydroxylation sites is 2. The standard InChI is InChI=1S/C29H28N2PS.C5H5.Fe/c1-21(2)33-29-30-26-18-10-11-19-27(26)31(29)22(3)25-17-12-20-28(25)32(23-13-6-4-7-14-23)24-15-8-5-9-16-24;1-2-4-5-3-1;/h4-22H,1-3H3;1-5H;/q;;+2/t22-;;/m1../s1. The van der Waals surface area contributed by atoms with E-state index in [0.29, 0.717) is 5.25 Å². The third kappa shape index (κ3) is 7.39. The summed E-state index contributed by atoms with van der Waals surface area (Å²) in [6.07, 6.45) is 16.8. The molecule has 0 amide bonds. The number of thioether (sulfide) groups is 1. The van der Waals surface area contributed by atoms with Crippen molar-refractivity contribution in [1.82, 2.24) is 9.55 Å². The van der Waals surface area contributed by atoms with Gasteiger partial charge in [-0.05, 0) is 89.0 Å². The van der Waals surface area contributed by atoms with Crippen molar-refractivity contribution >= 4 is 41.3 Å². The monoisotopic (exact) mass is 588 g/mol. The average molecular weight is 589 g/mol. The molecule has 1 aromatic heterocycles. The van der Waals surface area contributed by atoms with Crippen molar-refractivity contribution in [3.8, 4) is 0 Å². The summed E-state index contributed by atoms with van der Waals surface area (Å²) < 4.78 is 2.43. The van der Waals surface area contributed by atoms with Crippen molar-refractivity contribution in [3.63, 3.8) is 0 Å². The molecule has 2 aliphatic carbocycles. The van der Waals surface area contributed by atoms with Gasteiger partial charge in [-0.1, -0.05) is 98.4 Å². The molecule has 2 aliphatic rings. The SMILES string of the molecule is CC(C)Sc1nc2ccccc2n1[C@H](C)[C]1[CH][CH][CH][C]1P(c1ccccc1)c1ccccc1.[CH]1[CH][CH][CH][CH]1.[Fe+2]. The Kier molecular flexibility index (Phi) is 11.6. The maximum Gasteiger partial charge on any atom is 2.00 e. The second-order valence-corrected chi connectivity index (χ2v) is 13.2. The van der Waals surface area contributed by atoms with Gasteiger partial charge in [0.1, 0.15) is 0 Å². The Morgan fingerprint density at radius 3 is 1.77 bits per heavy atom. The molecule has 5 heteroatoms. The van der Waals surface area contributed by atoms with E-state index in [2.05, 4.69) is 130 Å². The maximum atomic E-state index is 5.01. The van der Waals surface area contributed by atoms with Crippen LogP contribution in [-0.4, -0.2) is 14.8 Å². The topological polar surface area (TPSA) is 17.8 Å². The summed E-state index contributed by atoms with van der Waals surface area (Å²) in [5.74, 6) is 1.38. The first-order valence-corrected chi connectivity index (χ1v) is 15.3. The van der Waals surface area contributed by atoms with E-state index in [4.69, 9.17) is 4.98 Å². The van der Waals surface area contributed by atoms with Crippen LogP contribution < -0.4 is 10.6 Å². The van der Waals surface area contributed by atoms with E-state index < -0.39 is 7.92 Å². The van der Waals surface area contributed by atoms with Crippen LogP contribution in [0.2, 0.25) is 0 Å². The van der Waals surface area contributed by atoms with Crippen molar-refractivity contribution in [2.45, 2.75) is 37.2 Å². The van der Waals surface area contributed by atoms with Crippen LogP contribution in [0.3, 0.4) is 0 Å². The minimum atomic E-state index is -0.648. The Hall–Kier alpha value is -1.57. The Labute approximate surface area is 252 Å². The maximum absolute atomic E-state index is 5.01. The Bertz CT molecular complexity index is 1230. The van der Waals surface area contributed by atoms with Gasteiger partial charge in [-0.3, -0.25) is 0 Å². The summed E-state index contributed by atoms with van der Waals surface area (Å²) >= 11 is 1.84. The van der Waals surface area contributed by atoms with Crippen molar-refractivity contribution in [2.75, 3.05) is 0 Å². The van der Waals surface area contributed by atoms with Crippen LogP contribution in [0.4, 0.5) is 0 Å². The summed E-state index contributed by atoms with van der Waals surface area (Å²) in [6, 6.07) is 30.6. The Morgan fingerprint density at radius 1 is 0.667 bits per heavy atom. The molecule has 0 saturated heterocycles. The molecule has 0 N–H and O–H groups in total. The first-order valence-electron chi connectivity index (χ1n) is 13.1. The van der Waals surface area contributed by atoms with Crippen LogP contribution in [0.25, 0.3) is 11.0 Å². The molecule has 10 radical (unpaired) electrons. The molecule has 1 atom stereocenters. The molecule has 0 bridgehead atoms.